The molecule has 1 aromatic heterocycles. The summed E-state index contributed by atoms with van der Waals surface area (Å²) in [6, 6.07) is 3.30. The normalized spacial score (nSPS) is 11.7. The van der Waals surface area contributed by atoms with Gasteiger partial charge in [0, 0.05) is 12.7 Å². The molecule has 1 rings (SSSR count). The first-order chi connectivity index (χ1) is 7.01. The largest absolute Gasteiger partial charge is 0.411 e. The molecule has 0 radical (unpaired) electrons. The van der Waals surface area contributed by atoms with Gasteiger partial charge in [-0.1, -0.05) is 6.07 Å². The number of pyridine rings is 1. The van der Waals surface area contributed by atoms with Crippen LogP contribution >= 0.6 is 0 Å². The van der Waals surface area contributed by atoms with Gasteiger partial charge >= 0.3 is 6.18 Å². The molecule has 0 aliphatic heterocycles. The first-order valence-electron chi connectivity index (χ1n) is 4.29. The zero-order valence-corrected chi connectivity index (χ0v) is 7.92. The second-order valence-corrected chi connectivity index (χ2v) is 2.97. The molecule has 0 bridgehead atoms. The van der Waals surface area contributed by atoms with E-state index < -0.39 is 12.8 Å². The van der Waals surface area contributed by atoms with Crippen LogP contribution in [0.25, 0.3) is 0 Å². The van der Waals surface area contributed by atoms with E-state index in [1.54, 1.807) is 12.1 Å². The molecule has 6 heteroatoms. The Bertz CT molecular complexity index is 297. The number of nitrogens with two attached hydrogens (primary N) is 1. The van der Waals surface area contributed by atoms with Gasteiger partial charge in [-0.15, -0.1) is 0 Å². The van der Waals surface area contributed by atoms with Gasteiger partial charge in [0.25, 0.3) is 0 Å². The fourth-order valence-corrected chi connectivity index (χ4v) is 0.933. The summed E-state index contributed by atoms with van der Waals surface area (Å²) in [6.07, 6.45) is -2.77. The van der Waals surface area contributed by atoms with Gasteiger partial charge in [0.2, 0.25) is 0 Å². The van der Waals surface area contributed by atoms with Crippen molar-refractivity contribution in [1.29, 1.82) is 0 Å². The van der Waals surface area contributed by atoms with Gasteiger partial charge < -0.3 is 10.5 Å². The molecule has 0 aromatic carbocycles. The summed E-state index contributed by atoms with van der Waals surface area (Å²) in [5.41, 5.74) is 6.62. The van der Waals surface area contributed by atoms with Gasteiger partial charge in [-0.3, -0.25) is 4.98 Å². The smallest absolute Gasteiger partial charge is 0.366 e. The lowest BCUT2D eigenvalue weighted by molar-refractivity contribution is -0.176. The Kier molecular flexibility index (Phi) is 4.05. The number of hydrogen-bond acceptors (Lipinski definition) is 3. The third-order valence-electron chi connectivity index (χ3n) is 1.64. The number of ether oxygens (including phenoxy) is 1. The standard InChI is InChI=1S/C9H11F3N2O/c10-9(11,12)6-15-5-8-2-1-7(3-13)4-14-8/h1-2,4H,3,5-6,13H2. The summed E-state index contributed by atoms with van der Waals surface area (Å²) in [5, 5.41) is 0. The van der Waals surface area contributed by atoms with Gasteiger partial charge in [0.1, 0.15) is 6.61 Å². The van der Waals surface area contributed by atoms with Crippen molar-refractivity contribution in [1.82, 2.24) is 4.98 Å². The van der Waals surface area contributed by atoms with E-state index in [1.165, 1.54) is 6.20 Å². The topological polar surface area (TPSA) is 48.1 Å². The van der Waals surface area contributed by atoms with Crippen LogP contribution in [0, 0.1) is 0 Å². The van der Waals surface area contributed by atoms with Crippen LogP contribution in [0.1, 0.15) is 11.3 Å². The van der Waals surface area contributed by atoms with Crippen LogP contribution in [-0.2, 0) is 17.9 Å². The molecule has 1 aromatic rings. The highest BCUT2D eigenvalue weighted by molar-refractivity contribution is 5.13. The van der Waals surface area contributed by atoms with E-state index >= 15 is 0 Å². The Balaban J connectivity index is 2.38. The van der Waals surface area contributed by atoms with Crippen LogP contribution in [0.3, 0.4) is 0 Å². The summed E-state index contributed by atoms with van der Waals surface area (Å²) in [4.78, 5) is 3.90. The lowest BCUT2D eigenvalue weighted by Gasteiger charge is -2.07. The molecule has 1 heterocycles. The Morgan fingerprint density at radius 3 is 2.53 bits per heavy atom. The van der Waals surface area contributed by atoms with Crippen molar-refractivity contribution in [3.63, 3.8) is 0 Å². The zero-order chi connectivity index (χ0) is 11.3. The summed E-state index contributed by atoms with van der Waals surface area (Å²) >= 11 is 0. The monoisotopic (exact) mass is 220 g/mol. The molecule has 3 nitrogen and oxygen atoms in total. The number of hydrogen-bond donors (Lipinski definition) is 1. The molecule has 0 unspecified atom stereocenters. The lowest BCUT2D eigenvalue weighted by atomic mass is 10.2. The van der Waals surface area contributed by atoms with Crippen molar-refractivity contribution in [3.05, 3.63) is 29.6 Å². The Labute approximate surface area is 85.1 Å². The zero-order valence-electron chi connectivity index (χ0n) is 7.92. The third-order valence-corrected chi connectivity index (χ3v) is 1.64. The number of halogens is 3. The van der Waals surface area contributed by atoms with Crippen LogP contribution in [-0.4, -0.2) is 17.8 Å². The molecule has 0 fully saturated rings. The fourth-order valence-electron chi connectivity index (χ4n) is 0.933. The highest BCUT2D eigenvalue weighted by Crippen LogP contribution is 2.15. The maximum atomic E-state index is 11.7. The number of rotatable bonds is 4. The minimum Gasteiger partial charge on any atom is -0.366 e. The molecule has 84 valence electrons. The first kappa shape index (κ1) is 11.9. The molecule has 15 heavy (non-hydrogen) atoms. The van der Waals surface area contributed by atoms with Crippen molar-refractivity contribution in [2.45, 2.75) is 19.3 Å². The van der Waals surface area contributed by atoms with Crippen LogP contribution in [0.2, 0.25) is 0 Å². The van der Waals surface area contributed by atoms with Gasteiger partial charge in [0.05, 0.1) is 12.3 Å². The second-order valence-electron chi connectivity index (χ2n) is 2.97. The molecule has 0 spiro atoms. The predicted octanol–water partition coefficient (Wildman–Crippen LogP) is 1.62. The quantitative estimate of drug-likeness (QED) is 0.838. The van der Waals surface area contributed by atoms with Gasteiger partial charge in [-0.25, -0.2) is 0 Å². The van der Waals surface area contributed by atoms with E-state index in [2.05, 4.69) is 9.72 Å². The van der Waals surface area contributed by atoms with E-state index in [0.717, 1.165) is 5.56 Å². The van der Waals surface area contributed by atoms with Crippen molar-refractivity contribution >= 4 is 0 Å². The van der Waals surface area contributed by atoms with Gasteiger partial charge in [0.15, 0.2) is 0 Å². The van der Waals surface area contributed by atoms with Crippen LogP contribution in [0.4, 0.5) is 13.2 Å². The minimum absolute atomic E-state index is 0.148. The van der Waals surface area contributed by atoms with Gasteiger partial charge in [-0.05, 0) is 11.6 Å². The molecule has 0 saturated carbocycles. The summed E-state index contributed by atoms with van der Waals surface area (Å²) in [5.74, 6) is 0. The average Bonchev–Trinajstić information content (AvgIpc) is 2.17. The highest BCUT2D eigenvalue weighted by atomic mass is 19.4. The average molecular weight is 220 g/mol. The Morgan fingerprint density at radius 2 is 2.07 bits per heavy atom. The molecule has 0 atom stereocenters. The van der Waals surface area contributed by atoms with Crippen molar-refractivity contribution in [2.24, 2.45) is 5.73 Å². The van der Waals surface area contributed by atoms with E-state index in [-0.39, 0.29) is 6.61 Å². The van der Waals surface area contributed by atoms with Crippen molar-refractivity contribution in [3.8, 4) is 0 Å². The first-order valence-corrected chi connectivity index (χ1v) is 4.29. The molecule has 0 saturated heterocycles. The third kappa shape index (κ3) is 4.75. The summed E-state index contributed by atoms with van der Waals surface area (Å²) < 4.78 is 39.6. The van der Waals surface area contributed by atoms with Gasteiger partial charge in [-0.2, -0.15) is 13.2 Å². The molecule has 0 amide bonds. The molecular formula is C9H11F3N2O. The minimum atomic E-state index is -4.29. The Morgan fingerprint density at radius 1 is 1.33 bits per heavy atom. The lowest BCUT2D eigenvalue weighted by Crippen LogP contribution is -2.16. The molecule has 0 aliphatic carbocycles. The number of aromatic nitrogens is 1. The maximum absolute atomic E-state index is 11.7. The number of alkyl halides is 3. The maximum Gasteiger partial charge on any atom is 0.411 e. The fraction of sp³-hybridized carbons (Fsp3) is 0.444. The summed E-state index contributed by atoms with van der Waals surface area (Å²) in [7, 11) is 0. The number of nitrogens with zero attached hydrogens (tertiary/aromatic N) is 1. The van der Waals surface area contributed by atoms with E-state index in [0.29, 0.717) is 12.2 Å². The van der Waals surface area contributed by atoms with Crippen molar-refractivity contribution in [2.75, 3.05) is 6.61 Å². The summed E-state index contributed by atoms with van der Waals surface area (Å²) in [6.45, 7) is -1.05. The van der Waals surface area contributed by atoms with E-state index in [9.17, 15) is 13.2 Å². The highest BCUT2D eigenvalue weighted by Gasteiger charge is 2.27. The van der Waals surface area contributed by atoms with E-state index in [4.69, 9.17) is 5.73 Å². The van der Waals surface area contributed by atoms with Crippen molar-refractivity contribution < 1.29 is 17.9 Å². The second kappa shape index (κ2) is 5.09. The molecular weight excluding hydrogens is 209 g/mol. The van der Waals surface area contributed by atoms with E-state index in [1.807, 2.05) is 0 Å². The van der Waals surface area contributed by atoms with Crippen LogP contribution in [0.5, 0.6) is 0 Å². The predicted molar refractivity (Wildman–Crippen MR) is 47.8 cm³/mol. The SMILES string of the molecule is NCc1ccc(COCC(F)(F)F)nc1. The molecule has 0 aliphatic rings. The Hall–Kier alpha value is -1.14. The molecule has 2 N–H and O–H groups in total. The van der Waals surface area contributed by atoms with Crippen LogP contribution in [0.15, 0.2) is 18.3 Å². The van der Waals surface area contributed by atoms with Crippen LogP contribution < -0.4 is 5.73 Å².